The molecule has 2 N–H and O–H groups in total. The predicted molar refractivity (Wildman–Crippen MR) is 71.8 cm³/mol. The molecular weight excluding hydrogens is 228 g/mol. The summed E-state index contributed by atoms with van der Waals surface area (Å²) in [4.78, 5) is 14.1. The van der Waals surface area contributed by atoms with Gasteiger partial charge in [0.2, 0.25) is 5.91 Å². The Hall–Kier alpha value is -1.55. The van der Waals surface area contributed by atoms with E-state index < -0.39 is 6.04 Å². The average Bonchev–Trinajstić information content (AvgIpc) is 2.43. The third kappa shape index (κ3) is 2.64. The molecule has 0 saturated carbocycles. The second-order valence-corrected chi connectivity index (χ2v) is 4.55. The normalized spacial score (nSPS) is 15.8. The van der Waals surface area contributed by atoms with Gasteiger partial charge in [0.25, 0.3) is 0 Å². The van der Waals surface area contributed by atoms with Crippen molar-refractivity contribution in [2.75, 3.05) is 18.1 Å². The molecule has 18 heavy (non-hydrogen) atoms. The van der Waals surface area contributed by atoms with Crippen LogP contribution < -0.4 is 15.4 Å². The van der Waals surface area contributed by atoms with Crippen LogP contribution in [-0.2, 0) is 4.79 Å². The van der Waals surface area contributed by atoms with Crippen LogP contribution in [0.3, 0.4) is 0 Å². The van der Waals surface area contributed by atoms with Gasteiger partial charge in [0, 0.05) is 0 Å². The molecule has 0 radical (unpaired) electrons. The minimum atomic E-state index is -0.406. The molecule has 1 unspecified atom stereocenters. The van der Waals surface area contributed by atoms with Crippen molar-refractivity contribution in [1.82, 2.24) is 0 Å². The molecule has 1 aromatic rings. The monoisotopic (exact) mass is 248 g/mol. The molecule has 0 bridgehead atoms. The molecule has 1 aliphatic heterocycles. The maximum atomic E-state index is 12.3. The van der Waals surface area contributed by atoms with Crippen LogP contribution in [0.25, 0.3) is 0 Å². The Morgan fingerprint density at radius 2 is 2.28 bits per heavy atom. The minimum absolute atomic E-state index is 0.000741. The van der Waals surface area contributed by atoms with E-state index in [1.165, 1.54) is 0 Å². The summed E-state index contributed by atoms with van der Waals surface area (Å²) < 4.78 is 5.53. The number of nitrogens with two attached hydrogens (primary N) is 1. The van der Waals surface area contributed by atoms with E-state index >= 15 is 0 Å². The number of nitrogens with zero attached hydrogens (tertiary/aromatic N) is 1. The first kappa shape index (κ1) is 12.9. The van der Waals surface area contributed by atoms with E-state index in [1.807, 2.05) is 24.3 Å². The molecule has 0 aliphatic carbocycles. The smallest absolute Gasteiger partial charge is 0.244 e. The number of para-hydroxylation sites is 2. The lowest BCUT2D eigenvalue weighted by atomic mass is 10.1. The topological polar surface area (TPSA) is 55.6 Å². The molecular formula is C14H20N2O2. The van der Waals surface area contributed by atoms with E-state index in [2.05, 4.69) is 6.92 Å². The molecule has 1 aromatic carbocycles. The Morgan fingerprint density at radius 1 is 1.50 bits per heavy atom. The molecule has 1 amide bonds. The van der Waals surface area contributed by atoms with E-state index in [-0.39, 0.29) is 5.91 Å². The fourth-order valence-electron chi connectivity index (χ4n) is 2.15. The lowest BCUT2D eigenvalue weighted by Crippen LogP contribution is -2.47. The zero-order valence-corrected chi connectivity index (χ0v) is 10.8. The number of carbonyl (C=O) groups excluding carboxylic acids is 1. The number of hydrogen-bond donors (Lipinski definition) is 1. The number of unbranched alkanes of at least 4 members (excludes halogenated alkanes) is 1. The molecule has 98 valence electrons. The van der Waals surface area contributed by atoms with Gasteiger partial charge in [-0.2, -0.15) is 0 Å². The number of hydrogen-bond acceptors (Lipinski definition) is 3. The number of benzene rings is 1. The fourth-order valence-corrected chi connectivity index (χ4v) is 2.15. The van der Waals surface area contributed by atoms with Crippen molar-refractivity contribution in [2.24, 2.45) is 5.73 Å². The van der Waals surface area contributed by atoms with E-state index in [1.54, 1.807) is 4.90 Å². The summed E-state index contributed by atoms with van der Waals surface area (Å²) in [6, 6.07) is 7.19. The largest absolute Gasteiger partial charge is 0.490 e. The van der Waals surface area contributed by atoms with Gasteiger partial charge >= 0.3 is 0 Å². The molecule has 1 aliphatic rings. The Bertz CT molecular complexity index is 420. The summed E-state index contributed by atoms with van der Waals surface area (Å²) in [6.45, 7) is 3.21. The van der Waals surface area contributed by atoms with Gasteiger partial charge in [-0.05, 0) is 18.6 Å². The predicted octanol–water partition coefficient (Wildman–Crippen LogP) is 1.93. The Morgan fingerprint density at radius 3 is 3.06 bits per heavy atom. The molecule has 0 aromatic heterocycles. The van der Waals surface area contributed by atoms with Gasteiger partial charge in [0.1, 0.15) is 12.4 Å². The van der Waals surface area contributed by atoms with Crippen LogP contribution in [0.15, 0.2) is 24.3 Å². The highest BCUT2D eigenvalue weighted by atomic mass is 16.5. The van der Waals surface area contributed by atoms with Crippen LogP contribution in [0, 0.1) is 0 Å². The van der Waals surface area contributed by atoms with Gasteiger partial charge in [-0.25, -0.2) is 0 Å². The molecule has 0 saturated heterocycles. The second kappa shape index (κ2) is 5.87. The second-order valence-electron chi connectivity index (χ2n) is 4.55. The van der Waals surface area contributed by atoms with Crippen molar-refractivity contribution >= 4 is 11.6 Å². The number of ether oxygens (including phenoxy) is 1. The summed E-state index contributed by atoms with van der Waals surface area (Å²) in [6.07, 6.45) is 2.79. The SMILES string of the molecule is CCCCC(N)C(=O)N1CCOc2ccccc21. The van der Waals surface area contributed by atoms with Gasteiger partial charge in [-0.15, -0.1) is 0 Å². The van der Waals surface area contributed by atoms with Gasteiger partial charge in [-0.3, -0.25) is 4.79 Å². The molecule has 4 heteroatoms. The Kier molecular flexibility index (Phi) is 4.20. The lowest BCUT2D eigenvalue weighted by molar-refractivity contribution is -0.120. The maximum absolute atomic E-state index is 12.3. The maximum Gasteiger partial charge on any atom is 0.244 e. The highest BCUT2D eigenvalue weighted by Crippen LogP contribution is 2.31. The highest BCUT2D eigenvalue weighted by molar-refractivity contribution is 5.98. The first-order valence-electron chi connectivity index (χ1n) is 6.53. The van der Waals surface area contributed by atoms with Crippen molar-refractivity contribution in [3.63, 3.8) is 0 Å². The van der Waals surface area contributed by atoms with Crippen LogP contribution >= 0.6 is 0 Å². The van der Waals surface area contributed by atoms with Crippen LogP contribution in [0.1, 0.15) is 26.2 Å². The van der Waals surface area contributed by atoms with Gasteiger partial charge < -0.3 is 15.4 Å². The van der Waals surface area contributed by atoms with E-state index in [0.717, 1.165) is 30.7 Å². The van der Waals surface area contributed by atoms with Gasteiger partial charge in [0.15, 0.2) is 0 Å². The van der Waals surface area contributed by atoms with Crippen molar-refractivity contribution in [2.45, 2.75) is 32.2 Å². The number of amides is 1. The molecule has 1 heterocycles. The van der Waals surface area contributed by atoms with Crippen LogP contribution in [0.2, 0.25) is 0 Å². The number of rotatable bonds is 4. The average molecular weight is 248 g/mol. The number of fused-ring (bicyclic) bond motifs is 1. The molecule has 0 spiro atoms. The van der Waals surface area contributed by atoms with Gasteiger partial charge in [0.05, 0.1) is 18.3 Å². The summed E-state index contributed by atoms with van der Waals surface area (Å²) in [5, 5.41) is 0. The van der Waals surface area contributed by atoms with Gasteiger partial charge in [-0.1, -0.05) is 31.9 Å². The van der Waals surface area contributed by atoms with E-state index in [4.69, 9.17) is 10.5 Å². The molecule has 0 fully saturated rings. The Labute approximate surface area is 108 Å². The first-order chi connectivity index (χ1) is 8.74. The quantitative estimate of drug-likeness (QED) is 0.885. The highest BCUT2D eigenvalue weighted by Gasteiger charge is 2.26. The third-order valence-corrected chi connectivity index (χ3v) is 3.18. The van der Waals surface area contributed by atoms with Crippen LogP contribution in [-0.4, -0.2) is 25.1 Å². The number of carbonyl (C=O) groups is 1. The first-order valence-corrected chi connectivity index (χ1v) is 6.53. The summed E-state index contributed by atoms with van der Waals surface area (Å²) in [7, 11) is 0. The summed E-state index contributed by atoms with van der Waals surface area (Å²) >= 11 is 0. The van der Waals surface area contributed by atoms with Crippen molar-refractivity contribution in [3.05, 3.63) is 24.3 Å². The Balaban J connectivity index is 2.12. The zero-order valence-electron chi connectivity index (χ0n) is 10.8. The van der Waals surface area contributed by atoms with Crippen LogP contribution in [0.5, 0.6) is 5.75 Å². The summed E-state index contributed by atoms with van der Waals surface area (Å²) in [5.41, 5.74) is 6.79. The van der Waals surface area contributed by atoms with Crippen molar-refractivity contribution < 1.29 is 9.53 Å². The van der Waals surface area contributed by atoms with Crippen molar-refractivity contribution in [3.8, 4) is 5.75 Å². The van der Waals surface area contributed by atoms with Crippen molar-refractivity contribution in [1.29, 1.82) is 0 Å². The van der Waals surface area contributed by atoms with E-state index in [0.29, 0.717) is 13.2 Å². The van der Waals surface area contributed by atoms with E-state index in [9.17, 15) is 4.79 Å². The lowest BCUT2D eigenvalue weighted by Gasteiger charge is -2.31. The standard InChI is InChI=1S/C14H20N2O2/c1-2-3-6-11(15)14(17)16-9-10-18-13-8-5-4-7-12(13)16/h4-5,7-8,11H,2-3,6,9-10,15H2,1H3. The third-order valence-electron chi connectivity index (χ3n) is 3.18. The summed E-state index contributed by atoms with van der Waals surface area (Å²) in [5.74, 6) is 0.763. The fraction of sp³-hybridized carbons (Fsp3) is 0.500. The minimum Gasteiger partial charge on any atom is -0.490 e. The zero-order chi connectivity index (χ0) is 13.0. The molecule has 1 atom stereocenters. The van der Waals surface area contributed by atoms with Crippen LogP contribution in [0.4, 0.5) is 5.69 Å². The number of anilines is 1. The molecule has 4 nitrogen and oxygen atoms in total. The molecule has 2 rings (SSSR count).